The van der Waals surface area contributed by atoms with E-state index in [2.05, 4.69) is 37.4 Å². The summed E-state index contributed by atoms with van der Waals surface area (Å²) in [6, 6.07) is 7.19. The Bertz CT molecular complexity index is 457. The van der Waals surface area contributed by atoms with Gasteiger partial charge in [0.25, 0.3) is 0 Å². The van der Waals surface area contributed by atoms with E-state index in [-0.39, 0.29) is 0 Å². The first-order valence-corrected chi connectivity index (χ1v) is 8.29. The molecule has 3 unspecified atom stereocenters. The van der Waals surface area contributed by atoms with Gasteiger partial charge in [-0.15, -0.1) is 0 Å². The molecule has 1 saturated carbocycles. The molecule has 0 amide bonds. The number of para-hydroxylation sites is 1. The molecule has 110 valence electrons. The highest BCUT2D eigenvalue weighted by Gasteiger charge is 2.34. The van der Waals surface area contributed by atoms with Crippen LogP contribution in [0.25, 0.3) is 0 Å². The molecule has 1 heterocycles. The molecule has 0 saturated heterocycles. The number of fused-ring (bicyclic) bond motifs is 1. The first-order valence-electron chi connectivity index (χ1n) is 8.29. The van der Waals surface area contributed by atoms with Crippen LogP contribution in [0.15, 0.2) is 18.2 Å². The predicted octanol–water partition coefficient (Wildman–Crippen LogP) is 4.10. The maximum atomic E-state index is 5.95. The summed E-state index contributed by atoms with van der Waals surface area (Å²) in [6.45, 7) is 6.61. The molecule has 1 N–H and O–H groups in total. The zero-order valence-corrected chi connectivity index (χ0v) is 12.8. The summed E-state index contributed by atoms with van der Waals surface area (Å²) in [5.41, 5.74) is 2.81. The number of hydrogen-bond acceptors (Lipinski definition) is 2. The smallest absolute Gasteiger partial charge is 0.127 e. The average molecular weight is 273 g/mol. The molecule has 20 heavy (non-hydrogen) atoms. The molecule has 0 aromatic heterocycles. The molecular formula is C18H27NO. The van der Waals surface area contributed by atoms with Crippen LogP contribution in [0.2, 0.25) is 0 Å². The maximum Gasteiger partial charge on any atom is 0.127 e. The fourth-order valence-corrected chi connectivity index (χ4v) is 3.95. The Morgan fingerprint density at radius 2 is 2.25 bits per heavy atom. The highest BCUT2D eigenvalue weighted by Crippen LogP contribution is 2.44. The summed E-state index contributed by atoms with van der Waals surface area (Å²) >= 11 is 0. The van der Waals surface area contributed by atoms with Gasteiger partial charge in [-0.1, -0.05) is 44.9 Å². The summed E-state index contributed by atoms with van der Waals surface area (Å²) in [6.07, 6.45) is 6.38. The van der Waals surface area contributed by atoms with E-state index < -0.39 is 0 Å². The van der Waals surface area contributed by atoms with Gasteiger partial charge in [-0.2, -0.15) is 0 Å². The molecular weight excluding hydrogens is 246 g/mol. The van der Waals surface area contributed by atoms with Crippen molar-refractivity contribution in [1.29, 1.82) is 0 Å². The second kappa shape index (κ2) is 6.17. The molecule has 3 atom stereocenters. The van der Waals surface area contributed by atoms with Crippen molar-refractivity contribution < 1.29 is 4.74 Å². The van der Waals surface area contributed by atoms with E-state index in [1.807, 2.05) is 0 Å². The van der Waals surface area contributed by atoms with Gasteiger partial charge in [0.1, 0.15) is 5.75 Å². The van der Waals surface area contributed by atoms with Crippen LogP contribution in [0.1, 0.15) is 56.7 Å². The normalized spacial score (nSPS) is 26.3. The predicted molar refractivity (Wildman–Crippen MR) is 83.2 cm³/mol. The van der Waals surface area contributed by atoms with Crippen LogP contribution in [0.3, 0.4) is 0 Å². The van der Waals surface area contributed by atoms with Crippen LogP contribution >= 0.6 is 0 Å². The quantitative estimate of drug-likeness (QED) is 0.872. The second-order valence-electron chi connectivity index (χ2n) is 6.44. The Kier molecular flexibility index (Phi) is 4.30. The van der Waals surface area contributed by atoms with Gasteiger partial charge in [0.2, 0.25) is 0 Å². The lowest BCUT2D eigenvalue weighted by molar-refractivity contribution is 0.288. The Balaban J connectivity index is 1.90. The fourth-order valence-electron chi connectivity index (χ4n) is 3.95. The van der Waals surface area contributed by atoms with Gasteiger partial charge in [-0.05, 0) is 36.8 Å². The van der Waals surface area contributed by atoms with Crippen molar-refractivity contribution in [1.82, 2.24) is 5.32 Å². The molecule has 1 aromatic rings. The van der Waals surface area contributed by atoms with Gasteiger partial charge in [-0.25, -0.2) is 0 Å². The molecule has 1 aromatic carbocycles. The van der Waals surface area contributed by atoms with E-state index in [0.29, 0.717) is 6.04 Å². The van der Waals surface area contributed by atoms with Gasteiger partial charge in [-0.3, -0.25) is 0 Å². The van der Waals surface area contributed by atoms with Crippen LogP contribution < -0.4 is 10.1 Å². The molecule has 2 aliphatic rings. The summed E-state index contributed by atoms with van der Waals surface area (Å²) in [4.78, 5) is 0. The summed E-state index contributed by atoms with van der Waals surface area (Å²) in [7, 11) is 0. The van der Waals surface area contributed by atoms with E-state index in [9.17, 15) is 0 Å². The van der Waals surface area contributed by atoms with Gasteiger partial charge >= 0.3 is 0 Å². The van der Waals surface area contributed by atoms with E-state index >= 15 is 0 Å². The number of nitrogens with one attached hydrogen (secondary N) is 1. The fraction of sp³-hybridized carbons (Fsp3) is 0.667. The van der Waals surface area contributed by atoms with Crippen molar-refractivity contribution in [3.05, 3.63) is 29.3 Å². The van der Waals surface area contributed by atoms with Gasteiger partial charge in [0.05, 0.1) is 6.61 Å². The lowest BCUT2D eigenvalue weighted by Gasteiger charge is -2.29. The number of rotatable bonds is 5. The molecule has 0 radical (unpaired) electrons. The molecule has 1 aliphatic carbocycles. The number of ether oxygens (including phenoxy) is 1. The van der Waals surface area contributed by atoms with E-state index in [1.165, 1.54) is 42.6 Å². The van der Waals surface area contributed by atoms with Crippen LogP contribution in [0, 0.1) is 11.8 Å². The van der Waals surface area contributed by atoms with E-state index in [1.54, 1.807) is 0 Å². The number of benzene rings is 1. The monoisotopic (exact) mass is 273 g/mol. The molecule has 2 nitrogen and oxygen atoms in total. The molecule has 0 bridgehead atoms. The topological polar surface area (TPSA) is 21.3 Å². The van der Waals surface area contributed by atoms with Crippen LogP contribution in [0.4, 0.5) is 0 Å². The summed E-state index contributed by atoms with van der Waals surface area (Å²) in [5, 5.41) is 3.81. The highest BCUT2D eigenvalue weighted by atomic mass is 16.5. The van der Waals surface area contributed by atoms with Crippen molar-refractivity contribution >= 4 is 0 Å². The van der Waals surface area contributed by atoms with E-state index in [4.69, 9.17) is 4.74 Å². The van der Waals surface area contributed by atoms with Gasteiger partial charge in [0.15, 0.2) is 0 Å². The summed E-state index contributed by atoms with van der Waals surface area (Å²) < 4.78 is 5.95. The number of hydrogen-bond donors (Lipinski definition) is 1. The Morgan fingerprint density at radius 1 is 1.35 bits per heavy atom. The van der Waals surface area contributed by atoms with Crippen LogP contribution in [-0.2, 0) is 6.42 Å². The first-order chi connectivity index (χ1) is 9.81. The Hall–Kier alpha value is -1.02. The van der Waals surface area contributed by atoms with Crippen molar-refractivity contribution in [3.8, 4) is 5.75 Å². The van der Waals surface area contributed by atoms with Crippen LogP contribution in [0.5, 0.6) is 5.75 Å². The largest absolute Gasteiger partial charge is 0.493 e. The zero-order chi connectivity index (χ0) is 13.9. The van der Waals surface area contributed by atoms with Crippen molar-refractivity contribution in [2.75, 3.05) is 13.2 Å². The van der Waals surface area contributed by atoms with Crippen molar-refractivity contribution in [2.24, 2.45) is 11.8 Å². The molecule has 0 spiro atoms. The minimum Gasteiger partial charge on any atom is -0.493 e. The minimum absolute atomic E-state index is 0.473. The molecule has 2 heteroatoms. The third-order valence-corrected chi connectivity index (χ3v) is 5.05. The Morgan fingerprint density at radius 3 is 3.00 bits per heavy atom. The maximum absolute atomic E-state index is 5.95. The zero-order valence-electron chi connectivity index (χ0n) is 12.8. The van der Waals surface area contributed by atoms with Gasteiger partial charge in [0, 0.05) is 18.0 Å². The van der Waals surface area contributed by atoms with E-state index in [0.717, 1.165) is 31.4 Å². The lowest BCUT2D eigenvalue weighted by Crippen LogP contribution is -2.30. The highest BCUT2D eigenvalue weighted by molar-refractivity contribution is 5.46. The molecule has 1 aliphatic heterocycles. The third-order valence-electron chi connectivity index (χ3n) is 5.05. The minimum atomic E-state index is 0.473. The van der Waals surface area contributed by atoms with Crippen molar-refractivity contribution in [3.63, 3.8) is 0 Å². The second-order valence-corrected chi connectivity index (χ2v) is 6.44. The van der Waals surface area contributed by atoms with Crippen LogP contribution in [-0.4, -0.2) is 13.2 Å². The first kappa shape index (κ1) is 13.9. The average Bonchev–Trinajstić information content (AvgIpc) is 3.09. The third kappa shape index (κ3) is 2.58. The SMILES string of the molecule is CCCNC(c1cccc2c1OCC2)C1CCCC1C. The van der Waals surface area contributed by atoms with Crippen molar-refractivity contribution in [2.45, 2.75) is 52.0 Å². The summed E-state index contributed by atoms with van der Waals surface area (Å²) in [5.74, 6) is 2.76. The molecule has 3 rings (SSSR count). The molecule has 1 fully saturated rings. The van der Waals surface area contributed by atoms with Gasteiger partial charge < -0.3 is 10.1 Å². The Labute approximate surface area is 122 Å². The lowest BCUT2D eigenvalue weighted by atomic mass is 9.85. The standard InChI is InChI=1S/C18H27NO/c1-3-11-19-17(15-8-4-6-13(15)2)16-9-5-7-14-10-12-20-18(14)16/h5,7,9,13,15,17,19H,3-4,6,8,10-12H2,1-2H3.